The molecule has 0 aliphatic carbocycles. The van der Waals surface area contributed by atoms with Crippen molar-refractivity contribution in [3.8, 4) is 6.07 Å². The van der Waals surface area contributed by atoms with Crippen molar-refractivity contribution < 1.29 is 13.5 Å². The molecule has 1 unspecified atom stereocenters. The molecule has 1 N–H and O–H groups in total. The number of hydrogen-bond acceptors (Lipinski definition) is 4. The molecule has 0 amide bonds. The van der Waals surface area contributed by atoms with Crippen LogP contribution in [-0.4, -0.2) is 36.0 Å². The number of aliphatic hydroxyl groups is 1. The van der Waals surface area contributed by atoms with Crippen LogP contribution in [0.25, 0.3) is 0 Å². The first-order valence-corrected chi connectivity index (χ1v) is 8.44. The molecule has 1 heterocycles. The summed E-state index contributed by atoms with van der Waals surface area (Å²) in [6, 6.07) is 5.70. The van der Waals surface area contributed by atoms with Crippen molar-refractivity contribution in [1.29, 1.82) is 5.26 Å². The number of benzene rings is 1. The number of sulfonamides is 1. The summed E-state index contributed by atoms with van der Waals surface area (Å²) in [6.45, 7) is 3.51. The number of halogens is 1. The lowest BCUT2D eigenvalue weighted by Crippen LogP contribution is -2.48. The van der Waals surface area contributed by atoms with E-state index in [9.17, 15) is 13.5 Å². The standard InChI is InChI=1S/C14H17ClN2O3S/c1-14(2,18)13-7-4-8-17(13)21(19,20)12-6-3-5-11(15)10(12)9-16/h3,5-6,13,18H,4,7-8H2,1-2H3. The molecule has 21 heavy (non-hydrogen) atoms. The predicted octanol–water partition coefficient (Wildman–Crippen LogP) is 2.14. The van der Waals surface area contributed by atoms with Crippen molar-refractivity contribution in [2.24, 2.45) is 0 Å². The van der Waals surface area contributed by atoms with Gasteiger partial charge < -0.3 is 5.11 Å². The lowest BCUT2D eigenvalue weighted by Gasteiger charge is -2.33. The van der Waals surface area contributed by atoms with Gasteiger partial charge in [-0.25, -0.2) is 8.42 Å². The number of rotatable bonds is 3. The van der Waals surface area contributed by atoms with E-state index in [1.54, 1.807) is 13.8 Å². The van der Waals surface area contributed by atoms with Crippen molar-refractivity contribution in [3.05, 3.63) is 28.8 Å². The molecule has 0 spiro atoms. The Labute approximate surface area is 129 Å². The van der Waals surface area contributed by atoms with Gasteiger partial charge in [0.15, 0.2) is 0 Å². The first-order valence-electron chi connectivity index (χ1n) is 6.62. The first-order chi connectivity index (χ1) is 9.69. The summed E-state index contributed by atoms with van der Waals surface area (Å²) in [5, 5.41) is 19.5. The van der Waals surface area contributed by atoms with Gasteiger partial charge in [-0.1, -0.05) is 17.7 Å². The van der Waals surface area contributed by atoms with E-state index in [1.807, 2.05) is 6.07 Å². The van der Waals surface area contributed by atoms with Crippen molar-refractivity contribution in [2.75, 3.05) is 6.54 Å². The molecule has 0 saturated carbocycles. The van der Waals surface area contributed by atoms with Gasteiger partial charge in [-0.3, -0.25) is 0 Å². The topological polar surface area (TPSA) is 81.4 Å². The van der Waals surface area contributed by atoms with Crippen LogP contribution >= 0.6 is 11.6 Å². The average molecular weight is 329 g/mol. The number of hydrogen-bond donors (Lipinski definition) is 1. The molecule has 114 valence electrons. The van der Waals surface area contributed by atoms with E-state index in [1.165, 1.54) is 22.5 Å². The Bertz CT molecular complexity index is 689. The lowest BCUT2D eigenvalue weighted by molar-refractivity contribution is 0.0215. The lowest BCUT2D eigenvalue weighted by atomic mass is 9.98. The largest absolute Gasteiger partial charge is 0.389 e. The summed E-state index contributed by atoms with van der Waals surface area (Å²) in [7, 11) is -3.87. The zero-order chi connectivity index (χ0) is 15.8. The van der Waals surface area contributed by atoms with Gasteiger partial charge in [0.25, 0.3) is 0 Å². The fraction of sp³-hybridized carbons (Fsp3) is 0.500. The Morgan fingerprint density at radius 1 is 1.48 bits per heavy atom. The van der Waals surface area contributed by atoms with Crippen LogP contribution in [0.3, 0.4) is 0 Å². The molecule has 0 aromatic heterocycles. The minimum absolute atomic E-state index is 0.0550. The van der Waals surface area contributed by atoms with Crippen molar-refractivity contribution >= 4 is 21.6 Å². The molecule has 0 bridgehead atoms. The normalized spacial score (nSPS) is 20.4. The summed E-state index contributed by atoms with van der Waals surface area (Å²) >= 11 is 5.91. The molecule has 7 heteroatoms. The molecular formula is C14H17ClN2O3S. The third-order valence-electron chi connectivity index (χ3n) is 3.69. The summed E-state index contributed by atoms with van der Waals surface area (Å²) < 4.78 is 26.9. The van der Waals surface area contributed by atoms with Crippen molar-refractivity contribution in [1.82, 2.24) is 4.31 Å². The molecule has 1 aromatic carbocycles. The number of nitrogens with zero attached hydrogens (tertiary/aromatic N) is 2. The van der Waals surface area contributed by atoms with Gasteiger partial charge in [0.05, 0.1) is 22.2 Å². The smallest absolute Gasteiger partial charge is 0.244 e. The maximum atomic E-state index is 12.8. The molecule has 1 aromatic rings. The minimum atomic E-state index is -3.87. The van der Waals surface area contributed by atoms with E-state index >= 15 is 0 Å². The average Bonchev–Trinajstić information content (AvgIpc) is 2.88. The van der Waals surface area contributed by atoms with Crippen LogP contribution in [0.5, 0.6) is 0 Å². The van der Waals surface area contributed by atoms with E-state index in [0.29, 0.717) is 19.4 Å². The summed E-state index contributed by atoms with van der Waals surface area (Å²) in [5.74, 6) is 0. The van der Waals surface area contributed by atoms with Crippen molar-refractivity contribution in [2.45, 2.75) is 43.2 Å². The highest BCUT2D eigenvalue weighted by Gasteiger charge is 2.43. The van der Waals surface area contributed by atoms with Gasteiger partial charge in [0, 0.05) is 6.54 Å². The molecule has 1 saturated heterocycles. The fourth-order valence-corrected chi connectivity index (χ4v) is 4.95. The maximum Gasteiger partial charge on any atom is 0.244 e. The molecule has 1 fully saturated rings. The number of nitriles is 1. The van der Waals surface area contributed by atoms with Gasteiger partial charge in [0.1, 0.15) is 11.0 Å². The molecule has 1 atom stereocenters. The Hall–Kier alpha value is -1.13. The predicted molar refractivity (Wildman–Crippen MR) is 79.4 cm³/mol. The van der Waals surface area contributed by atoms with Gasteiger partial charge in [-0.15, -0.1) is 0 Å². The molecule has 5 nitrogen and oxygen atoms in total. The van der Waals surface area contributed by atoms with Gasteiger partial charge in [-0.05, 0) is 38.8 Å². The Morgan fingerprint density at radius 3 is 2.71 bits per heavy atom. The van der Waals surface area contributed by atoms with Crippen LogP contribution in [0, 0.1) is 11.3 Å². The van der Waals surface area contributed by atoms with E-state index < -0.39 is 21.7 Å². The molecular weight excluding hydrogens is 312 g/mol. The molecule has 1 aliphatic rings. The third-order valence-corrected chi connectivity index (χ3v) is 5.96. The molecule has 1 aliphatic heterocycles. The first kappa shape index (κ1) is 16.2. The van der Waals surface area contributed by atoms with Gasteiger partial charge in [-0.2, -0.15) is 9.57 Å². The zero-order valence-electron chi connectivity index (χ0n) is 11.9. The van der Waals surface area contributed by atoms with Gasteiger partial charge >= 0.3 is 0 Å². The molecule has 0 radical (unpaired) electrons. The van der Waals surface area contributed by atoms with Crippen LogP contribution in [0.1, 0.15) is 32.3 Å². The van der Waals surface area contributed by atoms with Crippen molar-refractivity contribution in [3.63, 3.8) is 0 Å². The van der Waals surface area contributed by atoms with Crippen LogP contribution in [0.4, 0.5) is 0 Å². The summed E-state index contributed by atoms with van der Waals surface area (Å²) in [5.41, 5.74) is -1.20. The highest BCUT2D eigenvalue weighted by atomic mass is 35.5. The summed E-state index contributed by atoms with van der Waals surface area (Å²) in [4.78, 5) is -0.103. The highest BCUT2D eigenvalue weighted by Crippen LogP contribution is 2.34. The van der Waals surface area contributed by atoms with Crippen LogP contribution in [0.2, 0.25) is 5.02 Å². The zero-order valence-corrected chi connectivity index (χ0v) is 13.4. The third kappa shape index (κ3) is 2.92. The van der Waals surface area contributed by atoms with Crippen LogP contribution in [-0.2, 0) is 10.0 Å². The molecule has 2 rings (SSSR count). The Morgan fingerprint density at radius 2 is 2.14 bits per heavy atom. The quantitative estimate of drug-likeness (QED) is 0.921. The van der Waals surface area contributed by atoms with Gasteiger partial charge in [0.2, 0.25) is 10.0 Å². The second kappa shape index (κ2) is 5.58. The second-order valence-electron chi connectivity index (χ2n) is 5.65. The SMILES string of the molecule is CC(C)(O)C1CCCN1S(=O)(=O)c1cccc(Cl)c1C#N. The summed E-state index contributed by atoms with van der Waals surface area (Å²) in [6.07, 6.45) is 1.27. The van der Waals surface area contributed by atoms with E-state index in [2.05, 4.69) is 0 Å². The monoisotopic (exact) mass is 328 g/mol. The maximum absolute atomic E-state index is 12.8. The van der Waals surface area contributed by atoms with Crippen LogP contribution in [0.15, 0.2) is 23.1 Å². The Balaban J connectivity index is 2.54. The van der Waals surface area contributed by atoms with E-state index in [-0.39, 0.29) is 15.5 Å². The second-order valence-corrected chi connectivity index (χ2v) is 7.92. The fourth-order valence-electron chi connectivity index (χ4n) is 2.69. The minimum Gasteiger partial charge on any atom is -0.389 e. The van der Waals surface area contributed by atoms with E-state index in [4.69, 9.17) is 16.9 Å². The Kier molecular flexibility index (Phi) is 4.31. The van der Waals surface area contributed by atoms with E-state index in [0.717, 1.165) is 0 Å². The highest BCUT2D eigenvalue weighted by molar-refractivity contribution is 7.89. The van der Waals surface area contributed by atoms with Crippen LogP contribution < -0.4 is 0 Å².